The highest BCUT2D eigenvalue weighted by atomic mass is 28.4. The lowest BCUT2D eigenvalue weighted by Crippen LogP contribution is -2.32. The van der Waals surface area contributed by atoms with Gasteiger partial charge in [0.15, 0.2) is 19.8 Å². The summed E-state index contributed by atoms with van der Waals surface area (Å²) in [5, 5.41) is 9.67. The molecule has 0 unspecified atom stereocenters. The van der Waals surface area contributed by atoms with Crippen molar-refractivity contribution in [2.24, 2.45) is 0 Å². The number of ether oxygens (including phenoxy) is 3. The summed E-state index contributed by atoms with van der Waals surface area (Å²) in [6.45, 7) is 11.1. The first-order valence-corrected chi connectivity index (χ1v) is 14.8. The van der Waals surface area contributed by atoms with Crippen molar-refractivity contribution in [2.75, 3.05) is 26.9 Å². The van der Waals surface area contributed by atoms with Crippen molar-refractivity contribution in [3.05, 3.63) is 35.9 Å². The Morgan fingerprint density at radius 2 is 1.97 bits per heavy atom. The van der Waals surface area contributed by atoms with Crippen molar-refractivity contribution in [3.8, 4) is 11.5 Å². The average molecular weight is 441 g/mol. The lowest BCUT2D eigenvalue weighted by Gasteiger charge is -2.23. The van der Waals surface area contributed by atoms with Gasteiger partial charge in [0.1, 0.15) is 16.4 Å². The van der Waals surface area contributed by atoms with Crippen LogP contribution in [0.25, 0.3) is 0 Å². The van der Waals surface area contributed by atoms with E-state index in [0.717, 1.165) is 31.4 Å². The van der Waals surface area contributed by atoms with Crippen LogP contribution in [-0.4, -0.2) is 56.1 Å². The lowest BCUT2D eigenvalue weighted by molar-refractivity contribution is -0.140. The summed E-state index contributed by atoms with van der Waals surface area (Å²) in [4.78, 5) is 11.2. The molecule has 1 N–H and O–H groups in total. The predicted octanol–water partition coefficient (Wildman–Crippen LogP) is 3.58. The fraction of sp³-hybridized carbons (Fsp3) is 0.571. The van der Waals surface area contributed by atoms with E-state index in [1.807, 2.05) is 12.1 Å². The number of methoxy groups -OCH3 is 1. The Labute approximate surface area is 178 Å². The first kappa shape index (κ1) is 25.4. The van der Waals surface area contributed by atoms with Gasteiger partial charge in [0.25, 0.3) is 0 Å². The summed E-state index contributed by atoms with van der Waals surface area (Å²) in [5.41, 5.74) is 1.58. The first-order chi connectivity index (χ1) is 13.7. The van der Waals surface area contributed by atoms with Crippen LogP contribution >= 0.6 is 0 Å². The van der Waals surface area contributed by atoms with Gasteiger partial charge in [-0.15, -0.1) is 0 Å². The zero-order valence-electron chi connectivity index (χ0n) is 18.3. The Bertz CT molecular complexity index is 648. The molecule has 0 heterocycles. The van der Waals surface area contributed by atoms with E-state index in [-0.39, 0.29) is 18.3 Å². The minimum Gasteiger partial charge on any atom is -0.504 e. The van der Waals surface area contributed by atoms with Crippen LogP contribution in [0.3, 0.4) is 0 Å². The Hall–Kier alpha value is -1.62. The van der Waals surface area contributed by atoms with E-state index in [9.17, 15) is 9.90 Å². The van der Waals surface area contributed by atoms with E-state index in [1.165, 1.54) is 5.56 Å². The molecule has 6 nitrogen and oxygen atoms in total. The second kappa shape index (κ2) is 13.6. The van der Waals surface area contributed by atoms with Crippen molar-refractivity contribution in [2.45, 2.75) is 51.4 Å². The molecule has 0 saturated carbocycles. The molecule has 0 aliphatic carbocycles. The summed E-state index contributed by atoms with van der Waals surface area (Å²) in [6, 6.07) is 7.75. The first-order valence-electron chi connectivity index (χ1n) is 10.2. The monoisotopic (exact) mass is 440 g/mol. The van der Waals surface area contributed by atoms with E-state index < -0.39 is 18.1 Å². The molecule has 0 bridgehead atoms. The van der Waals surface area contributed by atoms with Crippen molar-refractivity contribution in [1.29, 1.82) is 0 Å². The normalized spacial score (nSPS) is 11.7. The molecule has 0 aromatic heterocycles. The SMILES string of the molecule is C=C(C)C(=O)OCCOCCC[SiH2]O[Si](C)(C)CCCc1ccc(O)c(OC)c1. The Kier molecular flexibility index (Phi) is 11.9. The number of benzene rings is 1. The molecule has 0 spiro atoms. The molecule has 29 heavy (non-hydrogen) atoms. The van der Waals surface area contributed by atoms with Gasteiger partial charge in [-0.2, -0.15) is 0 Å². The fourth-order valence-electron chi connectivity index (χ4n) is 2.74. The van der Waals surface area contributed by atoms with E-state index in [1.54, 1.807) is 20.1 Å². The highest BCUT2D eigenvalue weighted by Crippen LogP contribution is 2.27. The lowest BCUT2D eigenvalue weighted by atomic mass is 10.1. The van der Waals surface area contributed by atoms with Crippen molar-refractivity contribution >= 4 is 24.0 Å². The van der Waals surface area contributed by atoms with Gasteiger partial charge in [-0.05, 0) is 69.1 Å². The second-order valence-corrected chi connectivity index (χ2v) is 14.0. The fourth-order valence-corrected chi connectivity index (χ4v) is 7.54. The van der Waals surface area contributed by atoms with Crippen LogP contribution in [0.5, 0.6) is 11.5 Å². The Morgan fingerprint density at radius 3 is 2.66 bits per heavy atom. The van der Waals surface area contributed by atoms with Gasteiger partial charge in [0.2, 0.25) is 0 Å². The minimum absolute atomic E-state index is 0.178. The number of hydrogen-bond donors (Lipinski definition) is 1. The number of esters is 1. The topological polar surface area (TPSA) is 74.2 Å². The minimum atomic E-state index is -1.62. The van der Waals surface area contributed by atoms with Crippen LogP contribution in [0.4, 0.5) is 0 Å². The maximum absolute atomic E-state index is 11.2. The Morgan fingerprint density at radius 1 is 1.21 bits per heavy atom. The third-order valence-corrected chi connectivity index (χ3v) is 10.8. The molecule has 0 amide bonds. The third kappa shape index (κ3) is 11.2. The number of phenolic OH excluding ortho intramolecular Hbond substituents is 1. The van der Waals surface area contributed by atoms with Gasteiger partial charge in [-0.3, -0.25) is 0 Å². The van der Waals surface area contributed by atoms with Gasteiger partial charge in [0.05, 0.1) is 13.7 Å². The number of carbonyl (C=O) groups is 1. The zero-order chi connectivity index (χ0) is 21.7. The third-order valence-electron chi connectivity index (χ3n) is 4.47. The quantitative estimate of drug-likeness (QED) is 0.194. The molecule has 1 rings (SSSR count). The number of carbonyl (C=O) groups excluding carboxylic acids is 1. The highest BCUT2D eigenvalue weighted by Gasteiger charge is 2.21. The number of phenols is 1. The van der Waals surface area contributed by atoms with Crippen molar-refractivity contribution in [3.63, 3.8) is 0 Å². The van der Waals surface area contributed by atoms with Crippen LogP contribution in [0, 0.1) is 0 Å². The molecule has 0 radical (unpaired) electrons. The predicted molar refractivity (Wildman–Crippen MR) is 121 cm³/mol. The molecule has 1 aromatic carbocycles. The van der Waals surface area contributed by atoms with Gasteiger partial charge < -0.3 is 23.4 Å². The summed E-state index contributed by atoms with van der Waals surface area (Å²) >= 11 is 0. The number of hydrogen-bond acceptors (Lipinski definition) is 6. The zero-order valence-corrected chi connectivity index (χ0v) is 20.7. The molecule has 1 aromatic rings. The summed E-state index contributed by atoms with van der Waals surface area (Å²) in [7, 11) is -0.584. The van der Waals surface area contributed by atoms with E-state index >= 15 is 0 Å². The Balaban J connectivity index is 2.09. The van der Waals surface area contributed by atoms with Crippen LogP contribution in [0.15, 0.2) is 30.4 Å². The van der Waals surface area contributed by atoms with Crippen LogP contribution in [0.2, 0.25) is 25.2 Å². The molecular weight excluding hydrogens is 404 g/mol. The van der Waals surface area contributed by atoms with E-state index in [4.69, 9.17) is 18.3 Å². The number of aromatic hydroxyl groups is 1. The van der Waals surface area contributed by atoms with Crippen molar-refractivity contribution in [1.82, 2.24) is 0 Å². The summed E-state index contributed by atoms with van der Waals surface area (Å²) in [6.07, 6.45) is 3.02. The summed E-state index contributed by atoms with van der Waals surface area (Å²) < 4.78 is 21.9. The van der Waals surface area contributed by atoms with Gasteiger partial charge in [-0.25, -0.2) is 4.79 Å². The molecule has 0 aliphatic rings. The van der Waals surface area contributed by atoms with Crippen LogP contribution in [-0.2, 0) is 24.8 Å². The standard InChI is InChI=1S/C21H36O6Si2/c1-17(2)21(23)26-13-12-25-11-7-14-28-27-29(4,5)15-6-8-18-9-10-19(22)20(16-18)24-3/h9-10,16,22H,1,6-8,11-15,28H2,2-5H3. The number of aryl methyl sites for hydroxylation is 1. The molecule has 8 heteroatoms. The average Bonchev–Trinajstić information content (AvgIpc) is 2.67. The van der Waals surface area contributed by atoms with Crippen LogP contribution in [0.1, 0.15) is 25.3 Å². The smallest absolute Gasteiger partial charge is 0.333 e. The highest BCUT2D eigenvalue weighted by molar-refractivity contribution is 6.75. The second-order valence-electron chi connectivity index (χ2n) is 7.70. The molecule has 0 saturated heterocycles. The van der Waals surface area contributed by atoms with Crippen LogP contribution < -0.4 is 4.74 Å². The van der Waals surface area contributed by atoms with Gasteiger partial charge in [0, 0.05) is 12.2 Å². The molecule has 0 fully saturated rings. The van der Waals surface area contributed by atoms with Gasteiger partial charge in [-0.1, -0.05) is 12.6 Å². The van der Waals surface area contributed by atoms with Gasteiger partial charge >= 0.3 is 5.97 Å². The molecular formula is C21H36O6Si2. The number of rotatable bonds is 15. The maximum Gasteiger partial charge on any atom is 0.333 e. The summed E-state index contributed by atoms with van der Waals surface area (Å²) in [5.74, 6) is 0.335. The molecule has 164 valence electrons. The largest absolute Gasteiger partial charge is 0.504 e. The van der Waals surface area contributed by atoms with E-state index in [2.05, 4.69) is 19.7 Å². The van der Waals surface area contributed by atoms with E-state index in [0.29, 0.717) is 24.5 Å². The molecule has 0 aliphatic heterocycles. The maximum atomic E-state index is 11.2. The molecule has 0 atom stereocenters. The van der Waals surface area contributed by atoms with Crippen molar-refractivity contribution < 1.29 is 28.2 Å².